The molecule has 0 heterocycles. The third-order valence-electron chi connectivity index (χ3n) is 2.04. The van der Waals surface area contributed by atoms with Crippen molar-refractivity contribution in [2.75, 3.05) is 13.1 Å². The summed E-state index contributed by atoms with van der Waals surface area (Å²) in [7, 11) is 0. The van der Waals surface area contributed by atoms with Gasteiger partial charge in [0, 0.05) is 0 Å². The van der Waals surface area contributed by atoms with Crippen LogP contribution in [0.4, 0.5) is 0 Å². The van der Waals surface area contributed by atoms with Crippen LogP contribution in [0.1, 0.15) is 26.2 Å². The monoisotopic (exact) mass is 128 g/mol. The van der Waals surface area contributed by atoms with Crippen molar-refractivity contribution in [3.8, 4) is 0 Å². The van der Waals surface area contributed by atoms with Crippen LogP contribution in [0.2, 0.25) is 0 Å². The van der Waals surface area contributed by atoms with Gasteiger partial charge in [0.15, 0.2) is 0 Å². The fourth-order valence-electron chi connectivity index (χ4n) is 1.09. The molecule has 1 saturated carbocycles. The number of hydrogen-bond acceptors (Lipinski definition) is 2. The first-order valence-electron chi connectivity index (χ1n) is 3.75. The summed E-state index contributed by atoms with van der Waals surface area (Å²) in [5.74, 6) is 0.724. The molecule has 0 spiro atoms. The van der Waals surface area contributed by atoms with Gasteiger partial charge in [0.2, 0.25) is 0 Å². The highest BCUT2D eigenvalue weighted by atomic mass is 16.5. The van der Waals surface area contributed by atoms with E-state index in [4.69, 9.17) is 0 Å². The Balaban J connectivity index is 2.01. The van der Waals surface area contributed by atoms with Crippen molar-refractivity contribution in [3.05, 3.63) is 5.21 Å². The Hall–Kier alpha value is -0.0800. The van der Waals surface area contributed by atoms with Crippen LogP contribution in [0.5, 0.6) is 0 Å². The SMILES string of the molecule is CCN([O-])CC1CCC1. The van der Waals surface area contributed by atoms with Gasteiger partial charge in [-0.05, 0) is 31.8 Å². The molecular weight excluding hydrogens is 114 g/mol. The third kappa shape index (κ3) is 1.95. The third-order valence-corrected chi connectivity index (χ3v) is 2.04. The van der Waals surface area contributed by atoms with Crippen molar-refractivity contribution in [2.45, 2.75) is 26.2 Å². The zero-order valence-corrected chi connectivity index (χ0v) is 5.97. The van der Waals surface area contributed by atoms with Gasteiger partial charge in [-0.3, -0.25) is 0 Å². The van der Waals surface area contributed by atoms with E-state index in [1.165, 1.54) is 19.3 Å². The number of hydroxylamine groups is 2. The summed E-state index contributed by atoms with van der Waals surface area (Å²) in [6.45, 7) is 3.33. The summed E-state index contributed by atoms with van der Waals surface area (Å²) < 4.78 is 0. The summed E-state index contributed by atoms with van der Waals surface area (Å²) >= 11 is 0. The standard InChI is InChI=1S/C7H14NO/c1-2-8(9)6-7-4-3-5-7/h7H,2-6H2,1H3/q-1. The van der Waals surface area contributed by atoms with E-state index in [9.17, 15) is 5.21 Å². The highest BCUT2D eigenvalue weighted by molar-refractivity contribution is 4.73. The van der Waals surface area contributed by atoms with E-state index in [-0.39, 0.29) is 0 Å². The maximum Gasteiger partial charge on any atom is -0.0116 e. The Kier molecular flexibility index (Phi) is 2.49. The highest BCUT2D eigenvalue weighted by Crippen LogP contribution is 2.26. The molecule has 0 saturated heterocycles. The van der Waals surface area contributed by atoms with Gasteiger partial charge >= 0.3 is 0 Å². The maximum absolute atomic E-state index is 10.7. The summed E-state index contributed by atoms with van der Waals surface area (Å²) in [6.07, 6.45) is 3.89. The van der Waals surface area contributed by atoms with Crippen LogP contribution < -0.4 is 0 Å². The summed E-state index contributed by atoms with van der Waals surface area (Å²) in [4.78, 5) is 0. The Morgan fingerprint density at radius 3 is 2.56 bits per heavy atom. The van der Waals surface area contributed by atoms with Crippen LogP contribution in [0.15, 0.2) is 0 Å². The molecule has 2 nitrogen and oxygen atoms in total. The Labute approximate surface area is 56.4 Å². The van der Waals surface area contributed by atoms with Gasteiger partial charge in [-0.15, -0.1) is 0 Å². The van der Waals surface area contributed by atoms with E-state index in [1.54, 1.807) is 0 Å². The molecule has 1 rings (SSSR count). The zero-order chi connectivity index (χ0) is 6.69. The minimum atomic E-state index is 0.649. The van der Waals surface area contributed by atoms with Gasteiger partial charge < -0.3 is 10.3 Å². The van der Waals surface area contributed by atoms with E-state index in [0.29, 0.717) is 6.54 Å². The van der Waals surface area contributed by atoms with Gasteiger partial charge in [-0.1, -0.05) is 13.3 Å². The average molecular weight is 128 g/mol. The van der Waals surface area contributed by atoms with Gasteiger partial charge in [-0.25, -0.2) is 0 Å². The van der Waals surface area contributed by atoms with Crippen molar-refractivity contribution in [3.63, 3.8) is 0 Å². The summed E-state index contributed by atoms with van der Waals surface area (Å²) in [5, 5.41) is 11.9. The molecule has 1 aliphatic carbocycles. The average Bonchev–Trinajstić information content (AvgIpc) is 1.78. The molecule has 54 valence electrons. The van der Waals surface area contributed by atoms with E-state index < -0.39 is 0 Å². The summed E-state index contributed by atoms with van der Waals surface area (Å²) in [5.41, 5.74) is 0. The van der Waals surface area contributed by atoms with Crippen LogP contribution >= 0.6 is 0 Å². The molecule has 2 heteroatoms. The van der Waals surface area contributed by atoms with E-state index in [2.05, 4.69) is 0 Å². The van der Waals surface area contributed by atoms with Gasteiger partial charge in [-0.2, -0.15) is 0 Å². The van der Waals surface area contributed by atoms with E-state index >= 15 is 0 Å². The quantitative estimate of drug-likeness (QED) is 0.540. The fourth-order valence-corrected chi connectivity index (χ4v) is 1.09. The molecule has 0 aliphatic heterocycles. The Bertz CT molecular complexity index is 78.2. The summed E-state index contributed by atoms with van der Waals surface area (Å²) in [6, 6.07) is 0. The molecule has 0 radical (unpaired) electrons. The number of rotatable bonds is 3. The molecule has 1 aliphatic rings. The van der Waals surface area contributed by atoms with E-state index in [0.717, 1.165) is 17.5 Å². The van der Waals surface area contributed by atoms with Gasteiger partial charge in [0.25, 0.3) is 0 Å². The van der Waals surface area contributed by atoms with E-state index in [1.807, 2.05) is 6.92 Å². The first-order chi connectivity index (χ1) is 4.33. The van der Waals surface area contributed by atoms with Crippen LogP contribution in [0.25, 0.3) is 0 Å². The molecule has 0 bridgehead atoms. The van der Waals surface area contributed by atoms with Crippen molar-refractivity contribution in [1.82, 2.24) is 5.06 Å². The first kappa shape index (κ1) is 7.03. The largest absolute Gasteiger partial charge is 0.785 e. The lowest BCUT2D eigenvalue weighted by molar-refractivity contribution is 0.229. The molecule has 0 unspecified atom stereocenters. The number of nitrogens with zero attached hydrogens (tertiary/aromatic N) is 1. The van der Waals surface area contributed by atoms with Crippen molar-refractivity contribution in [1.29, 1.82) is 0 Å². The second-order valence-electron chi connectivity index (χ2n) is 2.78. The Morgan fingerprint density at radius 2 is 2.22 bits per heavy atom. The molecule has 9 heavy (non-hydrogen) atoms. The molecule has 0 N–H and O–H groups in total. The fraction of sp³-hybridized carbons (Fsp3) is 1.00. The van der Waals surface area contributed by atoms with Crippen LogP contribution in [0.3, 0.4) is 0 Å². The molecule has 0 atom stereocenters. The normalized spacial score (nSPS) is 20.3. The Morgan fingerprint density at radius 1 is 1.56 bits per heavy atom. The molecule has 1 fully saturated rings. The second-order valence-corrected chi connectivity index (χ2v) is 2.78. The van der Waals surface area contributed by atoms with Crippen molar-refractivity contribution < 1.29 is 0 Å². The minimum absolute atomic E-state index is 0.649. The molecule has 0 amide bonds. The van der Waals surface area contributed by atoms with Crippen LogP contribution in [0, 0.1) is 11.1 Å². The molecule has 0 aromatic heterocycles. The topological polar surface area (TPSA) is 26.3 Å². The first-order valence-corrected chi connectivity index (χ1v) is 3.75. The minimum Gasteiger partial charge on any atom is -0.785 e. The zero-order valence-electron chi connectivity index (χ0n) is 5.97. The second kappa shape index (κ2) is 3.18. The highest BCUT2D eigenvalue weighted by Gasteiger charge is 2.16. The molecular formula is C7H14NO-. The van der Waals surface area contributed by atoms with Gasteiger partial charge in [0.05, 0.1) is 0 Å². The predicted octanol–water partition coefficient (Wildman–Crippen LogP) is 1.61. The van der Waals surface area contributed by atoms with Crippen LogP contribution in [-0.2, 0) is 0 Å². The molecule has 0 aromatic rings. The van der Waals surface area contributed by atoms with Crippen molar-refractivity contribution >= 4 is 0 Å². The molecule has 0 aromatic carbocycles. The number of hydrogen-bond donors (Lipinski definition) is 0. The predicted molar refractivity (Wildman–Crippen MR) is 38.0 cm³/mol. The smallest absolute Gasteiger partial charge is 0.0116 e. The maximum atomic E-state index is 10.7. The lowest BCUT2D eigenvalue weighted by Gasteiger charge is -2.35. The lowest BCUT2D eigenvalue weighted by atomic mass is 9.85. The van der Waals surface area contributed by atoms with Crippen molar-refractivity contribution in [2.24, 2.45) is 5.92 Å². The van der Waals surface area contributed by atoms with Gasteiger partial charge in [0.1, 0.15) is 0 Å². The van der Waals surface area contributed by atoms with Crippen LogP contribution in [-0.4, -0.2) is 18.2 Å². The lowest BCUT2D eigenvalue weighted by Crippen LogP contribution is -2.27.